The van der Waals surface area contributed by atoms with Crippen LogP contribution in [0.3, 0.4) is 0 Å². The molecule has 1 aromatic rings. The molecule has 10 heteroatoms. The van der Waals surface area contributed by atoms with Crippen LogP contribution in [0.5, 0.6) is 0 Å². The van der Waals surface area contributed by atoms with Crippen molar-refractivity contribution in [2.24, 2.45) is 11.3 Å². The average Bonchev–Trinajstić information content (AvgIpc) is 3.40. The molecule has 39 heavy (non-hydrogen) atoms. The molecule has 3 aliphatic rings. The van der Waals surface area contributed by atoms with E-state index in [4.69, 9.17) is 28.1 Å². The fraction of sp³-hybridized carbons (Fsp3) is 0.759. The number of hydrogen-bond donors (Lipinski definition) is 1. The molecular formula is C29H42O10. The van der Waals surface area contributed by atoms with Gasteiger partial charge in [0.2, 0.25) is 5.76 Å². The molecule has 3 fully saturated rings. The third kappa shape index (κ3) is 4.68. The van der Waals surface area contributed by atoms with E-state index >= 15 is 0 Å². The molecule has 2 aliphatic carbocycles. The molecule has 3 unspecified atom stereocenters. The fourth-order valence-corrected chi connectivity index (χ4v) is 7.52. The maximum atomic E-state index is 13.2. The Labute approximate surface area is 229 Å². The summed E-state index contributed by atoms with van der Waals surface area (Å²) >= 11 is 0. The lowest BCUT2D eigenvalue weighted by atomic mass is 9.47. The van der Waals surface area contributed by atoms with Gasteiger partial charge in [0.15, 0.2) is 6.10 Å². The molecule has 0 radical (unpaired) electrons. The second-order valence-corrected chi connectivity index (χ2v) is 12.2. The van der Waals surface area contributed by atoms with Crippen LogP contribution in [0.2, 0.25) is 0 Å². The third-order valence-electron chi connectivity index (χ3n) is 9.00. The zero-order chi connectivity index (χ0) is 29.0. The van der Waals surface area contributed by atoms with E-state index in [0.717, 1.165) is 12.8 Å². The van der Waals surface area contributed by atoms with Crippen molar-refractivity contribution in [3.05, 3.63) is 24.2 Å². The molecule has 1 N–H and O–H groups in total. The second-order valence-electron chi connectivity index (χ2n) is 12.2. The van der Waals surface area contributed by atoms with Gasteiger partial charge in [-0.2, -0.15) is 0 Å². The van der Waals surface area contributed by atoms with Crippen molar-refractivity contribution in [1.29, 1.82) is 0 Å². The van der Waals surface area contributed by atoms with Crippen LogP contribution in [-0.2, 0) is 33.3 Å². The van der Waals surface area contributed by atoms with Gasteiger partial charge in [-0.15, -0.1) is 0 Å². The monoisotopic (exact) mass is 550 g/mol. The summed E-state index contributed by atoms with van der Waals surface area (Å²) in [4.78, 5) is 37.9. The standard InChI is InChI=1S/C29H42O10/c1-9-11-16(2)35-23-19-14-22(38-25(32)20-12-10-13-34-20)28(8)24(37-18(4)31)21(36-17(3)30)15-27(7,33)29(23,28)39-26(19,5)6/h10,12-13,16,19,21-24,33H,9,11,14-15H2,1-8H3/t16?,19?,21-,22-,23+,24-,27-,28+,29?/m0/s1. The summed E-state index contributed by atoms with van der Waals surface area (Å²) in [7, 11) is 0. The van der Waals surface area contributed by atoms with Crippen molar-refractivity contribution in [3.8, 4) is 0 Å². The van der Waals surface area contributed by atoms with Gasteiger partial charge in [0.25, 0.3) is 0 Å². The Kier molecular flexibility index (Phi) is 7.73. The number of furan rings is 1. The van der Waals surface area contributed by atoms with Gasteiger partial charge in [-0.05, 0) is 59.6 Å². The van der Waals surface area contributed by atoms with Gasteiger partial charge in [0, 0.05) is 26.2 Å². The molecule has 0 amide bonds. The highest BCUT2D eigenvalue weighted by Crippen LogP contribution is 2.69. The fourth-order valence-electron chi connectivity index (χ4n) is 7.52. The number of hydrogen-bond acceptors (Lipinski definition) is 10. The smallest absolute Gasteiger partial charge is 0.374 e. The van der Waals surface area contributed by atoms with Gasteiger partial charge in [-0.3, -0.25) is 9.59 Å². The van der Waals surface area contributed by atoms with Crippen molar-refractivity contribution < 1.29 is 47.6 Å². The van der Waals surface area contributed by atoms with Crippen LogP contribution in [0, 0.1) is 11.3 Å². The van der Waals surface area contributed by atoms with Gasteiger partial charge < -0.3 is 33.2 Å². The van der Waals surface area contributed by atoms with E-state index in [0.29, 0.717) is 6.42 Å². The van der Waals surface area contributed by atoms with Crippen molar-refractivity contribution in [2.45, 2.75) is 128 Å². The Morgan fingerprint density at radius 1 is 1.08 bits per heavy atom. The maximum absolute atomic E-state index is 13.2. The molecule has 1 saturated heterocycles. The van der Waals surface area contributed by atoms with E-state index in [1.54, 1.807) is 19.9 Å². The minimum atomic E-state index is -1.64. The zero-order valence-corrected chi connectivity index (χ0v) is 24.1. The predicted molar refractivity (Wildman–Crippen MR) is 138 cm³/mol. The lowest BCUT2D eigenvalue weighted by Gasteiger charge is -2.65. The van der Waals surface area contributed by atoms with Gasteiger partial charge in [-0.25, -0.2) is 4.79 Å². The summed E-state index contributed by atoms with van der Waals surface area (Å²) in [5, 5.41) is 12.3. The Bertz CT molecular complexity index is 1080. The normalized spacial score (nSPS) is 39.4. The Hall–Kier alpha value is -2.43. The largest absolute Gasteiger partial charge is 0.458 e. The number of rotatable bonds is 8. The van der Waals surface area contributed by atoms with E-state index in [9.17, 15) is 19.5 Å². The topological polar surface area (TPSA) is 131 Å². The maximum Gasteiger partial charge on any atom is 0.374 e. The molecule has 1 aliphatic heterocycles. The van der Waals surface area contributed by atoms with Gasteiger partial charge >= 0.3 is 17.9 Å². The van der Waals surface area contributed by atoms with Crippen molar-refractivity contribution in [1.82, 2.24) is 0 Å². The average molecular weight is 551 g/mol. The second kappa shape index (κ2) is 10.2. The Balaban J connectivity index is 1.94. The van der Waals surface area contributed by atoms with Crippen molar-refractivity contribution in [2.75, 3.05) is 0 Å². The first-order chi connectivity index (χ1) is 18.1. The first kappa shape index (κ1) is 29.6. The van der Waals surface area contributed by atoms with Crippen LogP contribution in [0.1, 0.15) is 91.6 Å². The summed E-state index contributed by atoms with van der Waals surface area (Å²) in [5.74, 6) is -2.18. The highest BCUT2D eigenvalue weighted by atomic mass is 16.6. The third-order valence-corrected chi connectivity index (χ3v) is 9.00. The van der Waals surface area contributed by atoms with Crippen LogP contribution < -0.4 is 0 Å². The molecule has 9 atom stereocenters. The summed E-state index contributed by atoms with van der Waals surface area (Å²) in [5.41, 5.74) is -5.34. The molecular weight excluding hydrogens is 508 g/mol. The van der Waals surface area contributed by atoms with Crippen LogP contribution in [0.25, 0.3) is 0 Å². The van der Waals surface area contributed by atoms with Gasteiger partial charge in [-0.1, -0.05) is 13.3 Å². The summed E-state index contributed by atoms with van der Waals surface area (Å²) in [6.45, 7) is 13.8. The number of ether oxygens (including phenoxy) is 5. The number of aliphatic hydroxyl groups is 1. The highest BCUT2D eigenvalue weighted by Gasteiger charge is 2.83. The summed E-state index contributed by atoms with van der Waals surface area (Å²) in [6, 6.07) is 3.08. The van der Waals surface area contributed by atoms with E-state index < -0.39 is 64.5 Å². The van der Waals surface area contributed by atoms with E-state index in [2.05, 4.69) is 6.92 Å². The zero-order valence-electron chi connectivity index (χ0n) is 24.1. The van der Waals surface area contributed by atoms with E-state index in [-0.39, 0.29) is 24.2 Å². The molecule has 2 heterocycles. The minimum absolute atomic E-state index is 0.0123. The Morgan fingerprint density at radius 3 is 2.31 bits per heavy atom. The predicted octanol–water partition coefficient (Wildman–Crippen LogP) is 3.97. The molecule has 2 bridgehead atoms. The molecule has 1 aromatic heterocycles. The number of carbonyl (C=O) groups excluding carboxylic acids is 3. The van der Waals surface area contributed by atoms with E-state index in [1.807, 2.05) is 20.8 Å². The molecule has 0 aromatic carbocycles. The molecule has 2 saturated carbocycles. The lowest BCUT2D eigenvalue weighted by molar-refractivity contribution is -0.350. The molecule has 10 nitrogen and oxygen atoms in total. The highest BCUT2D eigenvalue weighted by molar-refractivity contribution is 5.86. The SMILES string of the molecule is CCCC(C)O[C@@H]1C2C[C@H](OC(=O)c3ccco3)[C@]3(C)[C@@H](OC(C)=O)[C@@H](OC(C)=O)C[C@](C)(O)C13OC2(C)C. The van der Waals surface area contributed by atoms with Crippen molar-refractivity contribution >= 4 is 17.9 Å². The minimum Gasteiger partial charge on any atom is -0.458 e. The quantitative estimate of drug-likeness (QED) is 0.375. The van der Waals surface area contributed by atoms with E-state index in [1.165, 1.54) is 26.2 Å². The van der Waals surface area contributed by atoms with Crippen LogP contribution >= 0.6 is 0 Å². The van der Waals surface area contributed by atoms with Gasteiger partial charge in [0.1, 0.15) is 17.8 Å². The lowest BCUT2D eigenvalue weighted by Crippen LogP contribution is -2.81. The number of fused-ring (bicyclic) bond motifs is 1. The summed E-state index contributed by atoms with van der Waals surface area (Å²) < 4.78 is 36.6. The van der Waals surface area contributed by atoms with Crippen LogP contribution in [0.4, 0.5) is 0 Å². The van der Waals surface area contributed by atoms with Crippen molar-refractivity contribution in [3.63, 3.8) is 0 Å². The molecule has 218 valence electrons. The van der Waals surface area contributed by atoms with Gasteiger partial charge in [0.05, 0.1) is 35.1 Å². The number of esters is 3. The number of carbonyl (C=O) groups is 3. The van der Waals surface area contributed by atoms with Crippen LogP contribution in [-0.4, -0.2) is 70.3 Å². The first-order valence-corrected chi connectivity index (χ1v) is 13.8. The molecule has 4 rings (SSSR count). The Morgan fingerprint density at radius 2 is 1.74 bits per heavy atom. The summed E-state index contributed by atoms with van der Waals surface area (Å²) in [6.07, 6.45) is -0.573. The first-order valence-electron chi connectivity index (χ1n) is 13.8. The molecule has 1 spiro atoms. The van der Waals surface area contributed by atoms with Crippen LogP contribution in [0.15, 0.2) is 22.8 Å².